The van der Waals surface area contributed by atoms with Crippen molar-refractivity contribution < 1.29 is 39.4 Å². The number of alkyl halides is 2. The lowest BCUT2D eigenvalue weighted by Gasteiger charge is -2.22. The van der Waals surface area contributed by atoms with Crippen LogP contribution in [0.5, 0.6) is 0 Å². The average molecular weight is 918 g/mol. The summed E-state index contributed by atoms with van der Waals surface area (Å²) in [5.74, 6) is 0. The number of halogens is 2. The molecule has 4 rings (SSSR count). The molecule has 20 heteroatoms. The van der Waals surface area contributed by atoms with Gasteiger partial charge in [-0.25, -0.2) is 13.0 Å². The van der Waals surface area contributed by atoms with Crippen molar-refractivity contribution in [3.05, 3.63) is 115 Å². The Hall–Kier alpha value is -4.40. The van der Waals surface area contributed by atoms with E-state index in [0.717, 1.165) is 63.2 Å². The largest absolute Gasteiger partial charge is 0.707 e. The number of hydrazone groups is 1. The van der Waals surface area contributed by atoms with Crippen LogP contribution in [0.2, 0.25) is 0 Å². The predicted octanol–water partition coefficient (Wildman–Crippen LogP) is 7.12. The van der Waals surface area contributed by atoms with Crippen LogP contribution in [0.1, 0.15) is 40.8 Å². The fourth-order valence-electron chi connectivity index (χ4n) is 4.56. The highest BCUT2D eigenvalue weighted by Gasteiger charge is 2.06. The molecule has 1 aliphatic rings. The Morgan fingerprint density at radius 2 is 1.28 bits per heavy atom. The number of nitrogens with zero attached hydrogens (tertiary/aromatic N) is 8. The zero-order valence-corrected chi connectivity index (χ0v) is 38.5. The van der Waals surface area contributed by atoms with Gasteiger partial charge in [-0.1, -0.05) is 13.5 Å². The van der Waals surface area contributed by atoms with Gasteiger partial charge in [-0.05, 0) is 94.4 Å². The molecule has 0 radical (unpaired) electrons. The molecule has 16 nitrogen and oxygen atoms in total. The molecule has 1 aromatic heterocycles. The van der Waals surface area contributed by atoms with E-state index < -0.39 is 20.5 Å². The first-order valence-corrected chi connectivity index (χ1v) is 22.3. The normalized spacial score (nSPS) is 12.5. The van der Waals surface area contributed by atoms with Gasteiger partial charge < -0.3 is 24.3 Å². The first kappa shape index (κ1) is 57.7. The Balaban J connectivity index is 0. The van der Waals surface area contributed by atoms with E-state index in [1.54, 1.807) is 6.20 Å². The third-order valence-electron chi connectivity index (χ3n) is 7.78. The molecule has 0 spiro atoms. The molecule has 0 fully saturated rings. The van der Waals surface area contributed by atoms with Gasteiger partial charge in [0.1, 0.15) is 13.3 Å². The van der Waals surface area contributed by atoms with Crippen molar-refractivity contribution in [2.75, 3.05) is 80.9 Å². The smallest absolute Gasteiger partial charge is 0.399 e. The van der Waals surface area contributed by atoms with Crippen LogP contribution >= 0.6 is 23.2 Å². The molecule has 2 heterocycles. The van der Waals surface area contributed by atoms with E-state index in [-0.39, 0.29) is 12.8 Å². The molecular formula is C40H62Cl2N8O8S2. The number of allylic oxidation sites excluding steroid dienone is 3. The molecule has 0 unspecified atom stereocenters. The number of rotatable bonds is 14. The van der Waals surface area contributed by atoms with Crippen molar-refractivity contribution in [2.45, 2.75) is 35.1 Å². The molecule has 0 bridgehead atoms. The monoisotopic (exact) mass is 916 g/mol. The van der Waals surface area contributed by atoms with Gasteiger partial charge in [-0.2, -0.15) is 23.7 Å². The summed E-state index contributed by atoms with van der Waals surface area (Å²) in [6.07, 6.45) is 14.3. The van der Waals surface area contributed by atoms with Crippen LogP contribution < -0.4 is 24.6 Å². The van der Waals surface area contributed by atoms with Crippen molar-refractivity contribution in [2.24, 2.45) is 22.4 Å². The van der Waals surface area contributed by atoms with Crippen LogP contribution in [0.3, 0.4) is 0 Å². The van der Waals surface area contributed by atoms with E-state index >= 15 is 0 Å². The first-order chi connectivity index (χ1) is 28.0. The van der Waals surface area contributed by atoms with E-state index in [9.17, 15) is 16.8 Å². The van der Waals surface area contributed by atoms with Crippen LogP contribution in [-0.4, -0.2) is 94.0 Å². The Morgan fingerprint density at radius 1 is 0.817 bits per heavy atom. The fourth-order valence-corrected chi connectivity index (χ4v) is 4.70. The highest BCUT2D eigenvalue weighted by Crippen LogP contribution is 2.21. The molecule has 0 saturated heterocycles. The summed E-state index contributed by atoms with van der Waals surface area (Å²) in [5.41, 5.74) is 6.49. The SMILES string of the molecule is C.CCN(CC)c1ccc(N(C)/N=C/c2cccc[n+]2C)cc1.CCN(CC)c1ccc(N=N/C=C2\C=CC=CN2C)cc1.COS(=O)(=O)OC.CS(=O)(=O)O[O-].ClCCl. The summed E-state index contributed by atoms with van der Waals surface area (Å²) >= 11 is 9.53. The lowest BCUT2D eigenvalue weighted by Crippen LogP contribution is -2.32. The van der Waals surface area contributed by atoms with Crippen molar-refractivity contribution in [3.63, 3.8) is 0 Å². The molecule has 336 valence electrons. The average Bonchev–Trinajstić information content (AvgIpc) is 3.23. The van der Waals surface area contributed by atoms with Crippen molar-refractivity contribution in [3.8, 4) is 0 Å². The van der Waals surface area contributed by atoms with Crippen molar-refractivity contribution >= 4 is 72.7 Å². The molecule has 0 N–H and O–H groups in total. The molecule has 60 heavy (non-hydrogen) atoms. The number of hydrogen-bond donors (Lipinski definition) is 0. The highest BCUT2D eigenvalue weighted by molar-refractivity contribution is 7.85. The minimum Gasteiger partial charge on any atom is -0.707 e. The Morgan fingerprint density at radius 3 is 1.68 bits per heavy atom. The number of aromatic nitrogens is 1. The van der Waals surface area contributed by atoms with Crippen LogP contribution in [0, 0.1) is 0 Å². The van der Waals surface area contributed by atoms with Gasteiger partial charge in [0.25, 0.3) is 10.1 Å². The number of benzene rings is 2. The number of aryl methyl sites for hydroxylation is 1. The summed E-state index contributed by atoms with van der Waals surface area (Å²) in [7, 11) is 0.643. The molecule has 0 amide bonds. The van der Waals surface area contributed by atoms with Crippen LogP contribution in [-0.2, 0) is 40.3 Å². The van der Waals surface area contributed by atoms with Gasteiger partial charge in [0.15, 0.2) is 6.20 Å². The standard InChI is InChI=1S/C18H25N4.C17H22N4.C2H6O4S.CH2Cl2.CH4O4S.CH4/c1-5-22(6-2)17-12-10-16(11-13-17)21(4)19-15-18-9-7-8-14-20(18)3;1-4-21(5-2)16-11-9-15(10-12-16)19-18-14-17-8-6-7-13-20(17)3;1-5-7(3,4)6-2;2-1-3;1-6(3,4)5-2;/h7-15H,5-6H2,1-4H3;6-14H,4-5H2,1-3H3;1-2H3;1H2;2H,1H3;1H4/q+1;;;;;/p-1/b;17-14+,19-18?;;;;. The topological polar surface area (TPSA) is 173 Å². The lowest BCUT2D eigenvalue weighted by atomic mass is 10.2. The summed E-state index contributed by atoms with van der Waals surface area (Å²) < 4.78 is 51.2. The third-order valence-corrected chi connectivity index (χ3v) is 8.84. The number of likely N-dealkylation sites (N-methyl/N-ethyl adjacent to an activating group) is 1. The van der Waals surface area contributed by atoms with Crippen molar-refractivity contribution in [1.29, 1.82) is 0 Å². The molecule has 2 aromatic carbocycles. The zero-order valence-electron chi connectivity index (χ0n) is 35.3. The summed E-state index contributed by atoms with van der Waals surface area (Å²) in [6, 6.07) is 22.7. The molecule has 0 saturated carbocycles. The van der Waals surface area contributed by atoms with Gasteiger partial charge in [0, 0.05) is 70.0 Å². The molecular weight excluding hydrogens is 856 g/mol. The van der Waals surface area contributed by atoms with E-state index in [0.29, 0.717) is 6.26 Å². The summed E-state index contributed by atoms with van der Waals surface area (Å²) in [4.78, 5) is 6.64. The number of anilines is 3. The van der Waals surface area contributed by atoms with Crippen LogP contribution in [0.4, 0.5) is 22.7 Å². The highest BCUT2D eigenvalue weighted by atomic mass is 35.5. The van der Waals surface area contributed by atoms with Gasteiger partial charge in [-0.15, -0.1) is 23.2 Å². The lowest BCUT2D eigenvalue weighted by molar-refractivity contribution is -0.672. The maximum absolute atomic E-state index is 9.92. The molecule has 0 atom stereocenters. The van der Waals surface area contributed by atoms with E-state index in [4.69, 9.17) is 28.5 Å². The maximum Gasteiger partial charge on any atom is 0.399 e. The Kier molecular flexibility index (Phi) is 31.1. The number of pyridine rings is 1. The van der Waals surface area contributed by atoms with E-state index in [2.05, 4.69) is 102 Å². The first-order valence-electron chi connectivity index (χ1n) is 18.1. The molecule has 1 aliphatic heterocycles. The van der Waals surface area contributed by atoms with E-state index in [1.807, 2.05) is 103 Å². The second-order valence-corrected chi connectivity index (χ2v) is 15.4. The summed E-state index contributed by atoms with van der Waals surface area (Å²) in [5, 5.41) is 23.8. The van der Waals surface area contributed by atoms with Gasteiger partial charge in [0.05, 0.1) is 49.1 Å². The second kappa shape index (κ2) is 32.4. The van der Waals surface area contributed by atoms with Gasteiger partial charge in [-0.3, -0.25) is 13.4 Å². The van der Waals surface area contributed by atoms with Crippen molar-refractivity contribution in [1.82, 2.24) is 4.90 Å². The molecule has 3 aromatic rings. The number of azo groups is 1. The molecule has 0 aliphatic carbocycles. The third kappa shape index (κ3) is 24.6. The Bertz CT molecular complexity index is 1970. The maximum atomic E-state index is 9.92. The van der Waals surface area contributed by atoms with Gasteiger partial charge >= 0.3 is 10.4 Å². The predicted molar refractivity (Wildman–Crippen MR) is 244 cm³/mol. The summed E-state index contributed by atoms with van der Waals surface area (Å²) in [6.45, 7) is 12.7. The zero-order chi connectivity index (χ0) is 44.9. The Labute approximate surface area is 368 Å². The fraction of sp³-hybridized carbons (Fsp3) is 0.400. The quantitative estimate of drug-likeness (QED) is 0.0401. The minimum absolute atomic E-state index is 0. The van der Waals surface area contributed by atoms with Crippen LogP contribution in [0.25, 0.3) is 0 Å². The van der Waals surface area contributed by atoms with Crippen LogP contribution in [0.15, 0.2) is 125 Å². The number of hydrogen-bond acceptors (Lipinski definition) is 15. The minimum atomic E-state index is -3.72. The second-order valence-electron chi connectivity index (χ2n) is 11.6. The van der Waals surface area contributed by atoms with E-state index in [1.165, 1.54) is 11.4 Å². The van der Waals surface area contributed by atoms with Gasteiger partial charge in [0.2, 0.25) is 5.69 Å².